The molecule has 21 heavy (non-hydrogen) atoms. The van der Waals surface area contributed by atoms with Crippen LogP contribution in [-0.2, 0) is 13.2 Å². The van der Waals surface area contributed by atoms with Crippen LogP contribution in [-0.4, -0.2) is 9.55 Å². The molecule has 0 radical (unpaired) electrons. The number of fused-ring (bicyclic) bond motifs is 1. The molecule has 0 N–H and O–H groups in total. The molecule has 1 aromatic carbocycles. The first-order chi connectivity index (χ1) is 9.88. The first-order valence-electron chi connectivity index (χ1n) is 6.47. The lowest BCUT2D eigenvalue weighted by Gasteiger charge is -2.13. The summed E-state index contributed by atoms with van der Waals surface area (Å²) in [6.07, 6.45) is -4.38. The summed E-state index contributed by atoms with van der Waals surface area (Å²) in [7, 11) is 1.73. The van der Waals surface area contributed by atoms with E-state index in [0.29, 0.717) is 11.3 Å². The minimum Gasteiger partial charge on any atom is -0.328 e. The van der Waals surface area contributed by atoms with Crippen molar-refractivity contribution in [2.45, 2.75) is 13.1 Å². The normalized spacial score (nSPS) is 12.0. The fraction of sp³-hybridized carbons (Fsp3) is 0.188. The SMILES string of the molecule is Cc1ccc2cc(-c3ccccc3C(F)(F)F)n(C)c2n1. The lowest BCUT2D eigenvalue weighted by atomic mass is 10.0. The third-order valence-electron chi connectivity index (χ3n) is 3.52. The molecule has 0 saturated carbocycles. The second kappa shape index (κ2) is 4.62. The van der Waals surface area contributed by atoms with E-state index in [9.17, 15) is 13.2 Å². The number of aromatic nitrogens is 2. The standard InChI is InChI=1S/C16H13F3N2/c1-10-7-8-11-9-14(21(2)15(11)20-10)12-5-3-4-6-13(12)16(17,18)19/h3-9H,1-2H3. The topological polar surface area (TPSA) is 17.8 Å². The quantitative estimate of drug-likeness (QED) is 0.642. The highest BCUT2D eigenvalue weighted by Crippen LogP contribution is 2.38. The smallest absolute Gasteiger partial charge is 0.328 e. The van der Waals surface area contributed by atoms with E-state index in [2.05, 4.69) is 4.98 Å². The van der Waals surface area contributed by atoms with Crippen LogP contribution in [0.15, 0.2) is 42.5 Å². The fourth-order valence-electron chi connectivity index (χ4n) is 2.51. The molecular weight excluding hydrogens is 277 g/mol. The molecule has 5 heteroatoms. The average molecular weight is 290 g/mol. The number of alkyl halides is 3. The number of halogens is 3. The van der Waals surface area contributed by atoms with Crippen LogP contribution in [0.1, 0.15) is 11.3 Å². The number of hydrogen-bond acceptors (Lipinski definition) is 1. The van der Waals surface area contributed by atoms with Gasteiger partial charge in [0.25, 0.3) is 0 Å². The summed E-state index contributed by atoms with van der Waals surface area (Å²) in [5, 5.41) is 0.829. The number of benzene rings is 1. The van der Waals surface area contributed by atoms with Gasteiger partial charge in [-0.2, -0.15) is 13.2 Å². The van der Waals surface area contributed by atoms with E-state index in [1.807, 2.05) is 19.1 Å². The van der Waals surface area contributed by atoms with Crippen LogP contribution in [0.5, 0.6) is 0 Å². The zero-order chi connectivity index (χ0) is 15.2. The fourth-order valence-corrected chi connectivity index (χ4v) is 2.51. The molecule has 0 fully saturated rings. The Labute approximate surface area is 119 Å². The summed E-state index contributed by atoms with van der Waals surface area (Å²) in [5.41, 5.74) is 1.56. The first-order valence-corrected chi connectivity index (χ1v) is 6.47. The van der Waals surface area contributed by atoms with E-state index in [0.717, 1.165) is 17.1 Å². The van der Waals surface area contributed by atoms with E-state index in [4.69, 9.17) is 0 Å². The number of rotatable bonds is 1. The van der Waals surface area contributed by atoms with E-state index in [1.54, 1.807) is 23.7 Å². The van der Waals surface area contributed by atoms with Crippen LogP contribution in [0.4, 0.5) is 13.2 Å². The van der Waals surface area contributed by atoms with Gasteiger partial charge in [0, 0.05) is 23.7 Å². The Morgan fingerprint density at radius 3 is 2.48 bits per heavy atom. The van der Waals surface area contributed by atoms with E-state index in [1.165, 1.54) is 12.1 Å². The Morgan fingerprint density at radius 1 is 1.05 bits per heavy atom. The lowest BCUT2D eigenvalue weighted by molar-refractivity contribution is -0.137. The zero-order valence-electron chi connectivity index (χ0n) is 11.6. The Morgan fingerprint density at radius 2 is 1.76 bits per heavy atom. The first kappa shape index (κ1) is 13.7. The molecule has 0 atom stereocenters. The van der Waals surface area contributed by atoms with Crippen LogP contribution in [0.25, 0.3) is 22.3 Å². The van der Waals surface area contributed by atoms with Crippen molar-refractivity contribution < 1.29 is 13.2 Å². The van der Waals surface area contributed by atoms with E-state index < -0.39 is 11.7 Å². The van der Waals surface area contributed by atoms with Crippen molar-refractivity contribution in [3.8, 4) is 11.3 Å². The predicted octanol–water partition coefficient (Wildman–Crippen LogP) is 4.57. The Kier molecular flexibility index (Phi) is 3.01. The van der Waals surface area contributed by atoms with Crippen LogP contribution in [0.3, 0.4) is 0 Å². The van der Waals surface area contributed by atoms with Gasteiger partial charge in [0.15, 0.2) is 0 Å². The van der Waals surface area contributed by atoms with Gasteiger partial charge in [0.05, 0.1) is 11.3 Å². The summed E-state index contributed by atoms with van der Waals surface area (Å²) >= 11 is 0. The van der Waals surface area contributed by atoms with Gasteiger partial charge in [-0.05, 0) is 31.2 Å². The molecule has 0 bridgehead atoms. The van der Waals surface area contributed by atoms with Gasteiger partial charge < -0.3 is 4.57 Å². The summed E-state index contributed by atoms with van der Waals surface area (Å²) in [4.78, 5) is 4.39. The maximum absolute atomic E-state index is 13.2. The molecule has 3 aromatic rings. The maximum atomic E-state index is 13.2. The van der Waals surface area contributed by atoms with Crippen molar-refractivity contribution >= 4 is 11.0 Å². The maximum Gasteiger partial charge on any atom is 0.417 e. The highest BCUT2D eigenvalue weighted by Gasteiger charge is 2.34. The third kappa shape index (κ3) is 2.28. The summed E-state index contributed by atoms with van der Waals surface area (Å²) in [6, 6.07) is 11.1. The molecule has 0 amide bonds. The second-order valence-electron chi connectivity index (χ2n) is 5.00. The van der Waals surface area contributed by atoms with Crippen molar-refractivity contribution in [1.82, 2.24) is 9.55 Å². The van der Waals surface area contributed by atoms with Gasteiger partial charge in [-0.1, -0.05) is 18.2 Å². The Hall–Kier alpha value is -2.30. The number of hydrogen-bond donors (Lipinski definition) is 0. The van der Waals surface area contributed by atoms with Gasteiger partial charge in [0.2, 0.25) is 0 Å². The minimum absolute atomic E-state index is 0.170. The van der Waals surface area contributed by atoms with Crippen molar-refractivity contribution in [3.63, 3.8) is 0 Å². The van der Waals surface area contributed by atoms with Gasteiger partial charge in [-0.3, -0.25) is 0 Å². The monoisotopic (exact) mass is 290 g/mol. The van der Waals surface area contributed by atoms with Gasteiger partial charge in [0.1, 0.15) is 5.65 Å². The molecular formula is C16H13F3N2. The Balaban J connectivity index is 2.29. The van der Waals surface area contributed by atoms with Gasteiger partial charge >= 0.3 is 6.18 Å². The third-order valence-corrected chi connectivity index (χ3v) is 3.52. The molecule has 0 spiro atoms. The molecule has 2 aromatic heterocycles. The Bertz CT molecular complexity index is 816. The highest BCUT2D eigenvalue weighted by atomic mass is 19.4. The molecule has 2 heterocycles. The molecule has 0 saturated heterocycles. The van der Waals surface area contributed by atoms with Crippen molar-refractivity contribution in [3.05, 3.63) is 53.7 Å². The average Bonchev–Trinajstić information content (AvgIpc) is 2.75. The molecule has 2 nitrogen and oxygen atoms in total. The minimum atomic E-state index is -4.38. The van der Waals surface area contributed by atoms with Crippen LogP contribution >= 0.6 is 0 Å². The number of nitrogens with zero attached hydrogens (tertiary/aromatic N) is 2. The van der Waals surface area contributed by atoms with Crippen LogP contribution < -0.4 is 0 Å². The lowest BCUT2D eigenvalue weighted by Crippen LogP contribution is -2.08. The zero-order valence-corrected chi connectivity index (χ0v) is 11.6. The largest absolute Gasteiger partial charge is 0.417 e. The molecule has 108 valence electrons. The van der Waals surface area contributed by atoms with Crippen LogP contribution in [0.2, 0.25) is 0 Å². The summed E-state index contributed by atoms with van der Waals surface area (Å²) in [6.45, 7) is 1.86. The number of aryl methyl sites for hydroxylation is 2. The number of pyridine rings is 1. The highest BCUT2D eigenvalue weighted by molar-refractivity contribution is 5.85. The van der Waals surface area contributed by atoms with Crippen molar-refractivity contribution in [2.75, 3.05) is 0 Å². The second-order valence-corrected chi connectivity index (χ2v) is 5.00. The molecule has 0 aliphatic carbocycles. The molecule has 0 unspecified atom stereocenters. The van der Waals surface area contributed by atoms with Crippen molar-refractivity contribution in [1.29, 1.82) is 0 Å². The predicted molar refractivity (Wildman–Crippen MR) is 75.9 cm³/mol. The summed E-state index contributed by atoms with van der Waals surface area (Å²) < 4.78 is 41.2. The molecule has 0 aliphatic rings. The van der Waals surface area contributed by atoms with E-state index in [-0.39, 0.29) is 5.56 Å². The molecule has 3 rings (SSSR count). The molecule has 0 aliphatic heterocycles. The van der Waals surface area contributed by atoms with E-state index >= 15 is 0 Å². The summed E-state index contributed by atoms with van der Waals surface area (Å²) in [5.74, 6) is 0. The van der Waals surface area contributed by atoms with Gasteiger partial charge in [-0.25, -0.2) is 4.98 Å². The van der Waals surface area contributed by atoms with Crippen molar-refractivity contribution in [2.24, 2.45) is 7.05 Å². The van der Waals surface area contributed by atoms with Gasteiger partial charge in [-0.15, -0.1) is 0 Å². The van der Waals surface area contributed by atoms with Crippen LogP contribution in [0, 0.1) is 6.92 Å².